The number of benzene rings is 2. The number of para-hydroxylation sites is 2. The van der Waals surface area contributed by atoms with Crippen LogP contribution in [0.2, 0.25) is 10.0 Å². The Labute approximate surface area is 164 Å². The second kappa shape index (κ2) is 6.76. The van der Waals surface area contributed by atoms with Crippen molar-refractivity contribution in [1.82, 2.24) is 9.55 Å². The van der Waals surface area contributed by atoms with Gasteiger partial charge in [0, 0.05) is 12.7 Å². The molecule has 2 heterocycles. The van der Waals surface area contributed by atoms with Crippen LogP contribution in [0.5, 0.6) is 0 Å². The molecule has 0 saturated heterocycles. The van der Waals surface area contributed by atoms with E-state index in [1.807, 2.05) is 41.9 Å². The van der Waals surface area contributed by atoms with E-state index in [1.165, 1.54) is 11.3 Å². The number of fused-ring (bicyclic) bond motifs is 1. The summed E-state index contributed by atoms with van der Waals surface area (Å²) in [4.78, 5) is 18.7. The molecule has 1 N–H and O–H groups in total. The minimum atomic E-state index is -0.196. The Morgan fingerprint density at radius 2 is 1.88 bits per heavy atom. The molecule has 0 bridgehead atoms. The van der Waals surface area contributed by atoms with Gasteiger partial charge < -0.3 is 9.88 Å². The van der Waals surface area contributed by atoms with Gasteiger partial charge >= 0.3 is 0 Å². The number of anilines is 1. The van der Waals surface area contributed by atoms with Gasteiger partial charge in [-0.15, -0.1) is 11.3 Å². The average Bonchev–Trinajstić information content (AvgIpc) is 3.24. The van der Waals surface area contributed by atoms with Crippen molar-refractivity contribution < 1.29 is 4.79 Å². The standard InChI is InChI=1S/C19H13Cl2N3OS/c1-24-15-5-3-2-4-14(15)23-18(24)16-8-9-17(26-16)19(25)22-11-6-7-12(20)13(21)10-11/h2-10H,1H3,(H,22,25). The number of aryl methyl sites for hydroxylation is 1. The maximum Gasteiger partial charge on any atom is 0.265 e. The number of imidazole rings is 1. The summed E-state index contributed by atoms with van der Waals surface area (Å²) in [5.74, 6) is 0.642. The van der Waals surface area contributed by atoms with Crippen molar-refractivity contribution >= 4 is 57.2 Å². The highest BCUT2D eigenvalue weighted by atomic mass is 35.5. The van der Waals surface area contributed by atoms with E-state index in [2.05, 4.69) is 10.3 Å². The molecule has 26 heavy (non-hydrogen) atoms. The molecule has 4 rings (SSSR count). The Morgan fingerprint density at radius 3 is 2.65 bits per heavy atom. The highest BCUT2D eigenvalue weighted by Crippen LogP contribution is 2.31. The minimum absolute atomic E-state index is 0.196. The van der Waals surface area contributed by atoms with Gasteiger partial charge in [-0.25, -0.2) is 4.98 Å². The van der Waals surface area contributed by atoms with Crippen LogP contribution < -0.4 is 5.32 Å². The lowest BCUT2D eigenvalue weighted by Crippen LogP contribution is -2.09. The normalized spacial score (nSPS) is 11.0. The van der Waals surface area contributed by atoms with Crippen molar-refractivity contribution in [3.05, 3.63) is 69.5 Å². The molecule has 7 heteroatoms. The summed E-state index contributed by atoms with van der Waals surface area (Å²) in [5.41, 5.74) is 2.58. The third kappa shape index (κ3) is 3.09. The Morgan fingerprint density at radius 1 is 1.08 bits per heavy atom. The SMILES string of the molecule is Cn1c(-c2ccc(C(=O)Nc3ccc(Cl)c(Cl)c3)s2)nc2ccccc21. The first-order valence-corrected chi connectivity index (χ1v) is 9.38. The Hall–Kier alpha value is -2.34. The maximum absolute atomic E-state index is 12.5. The van der Waals surface area contributed by atoms with E-state index in [1.54, 1.807) is 24.3 Å². The summed E-state index contributed by atoms with van der Waals surface area (Å²) in [5, 5.41) is 3.68. The molecule has 0 unspecified atom stereocenters. The first-order chi connectivity index (χ1) is 12.5. The van der Waals surface area contributed by atoms with Gasteiger partial charge in [-0.05, 0) is 42.5 Å². The predicted octanol–water partition coefficient (Wildman–Crippen LogP) is 5.86. The van der Waals surface area contributed by atoms with Crippen molar-refractivity contribution in [1.29, 1.82) is 0 Å². The molecule has 4 aromatic rings. The lowest BCUT2D eigenvalue weighted by Gasteiger charge is -2.04. The van der Waals surface area contributed by atoms with Crippen LogP contribution in [-0.2, 0) is 7.05 Å². The molecule has 130 valence electrons. The van der Waals surface area contributed by atoms with E-state index < -0.39 is 0 Å². The van der Waals surface area contributed by atoms with Crippen LogP contribution in [0.25, 0.3) is 21.7 Å². The Kier molecular flexibility index (Phi) is 4.44. The van der Waals surface area contributed by atoms with Gasteiger partial charge in [-0.1, -0.05) is 35.3 Å². The van der Waals surface area contributed by atoms with Gasteiger partial charge in [-0.3, -0.25) is 4.79 Å². The number of hydrogen-bond acceptors (Lipinski definition) is 3. The van der Waals surface area contributed by atoms with Crippen molar-refractivity contribution in [2.24, 2.45) is 7.05 Å². The van der Waals surface area contributed by atoms with Crippen LogP contribution in [-0.4, -0.2) is 15.5 Å². The smallest absolute Gasteiger partial charge is 0.265 e. The number of carbonyl (C=O) groups is 1. The lowest BCUT2D eigenvalue weighted by atomic mass is 10.3. The van der Waals surface area contributed by atoms with E-state index >= 15 is 0 Å². The largest absolute Gasteiger partial charge is 0.326 e. The number of carbonyl (C=O) groups excluding carboxylic acids is 1. The highest BCUT2D eigenvalue weighted by molar-refractivity contribution is 7.17. The minimum Gasteiger partial charge on any atom is -0.326 e. The van der Waals surface area contributed by atoms with Crippen LogP contribution in [0.1, 0.15) is 9.67 Å². The van der Waals surface area contributed by atoms with Crippen LogP contribution >= 0.6 is 34.5 Å². The van der Waals surface area contributed by atoms with Crippen LogP contribution in [0.4, 0.5) is 5.69 Å². The van der Waals surface area contributed by atoms with E-state index in [-0.39, 0.29) is 5.91 Å². The van der Waals surface area contributed by atoms with Crippen LogP contribution in [0.3, 0.4) is 0 Å². The Bertz CT molecular complexity index is 1130. The van der Waals surface area contributed by atoms with Gasteiger partial charge in [0.25, 0.3) is 5.91 Å². The molecule has 2 aromatic carbocycles. The molecule has 4 nitrogen and oxygen atoms in total. The number of thiophene rings is 1. The number of rotatable bonds is 3. The van der Waals surface area contributed by atoms with Gasteiger partial charge in [0.2, 0.25) is 0 Å². The monoisotopic (exact) mass is 401 g/mol. The molecular formula is C19H13Cl2N3OS. The number of nitrogens with zero attached hydrogens (tertiary/aromatic N) is 2. The van der Waals surface area contributed by atoms with Crippen molar-refractivity contribution in [2.45, 2.75) is 0 Å². The van der Waals surface area contributed by atoms with Gasteiger partial charge in [0.15, 0.2) is 5.82 Å². The average molecular weight is 402 g/mol. The van der Waals surface area contributed by atoms with Gasteiger partial charge in [-0.2, -0.15) is 0 Å². The van der Waals surface area contributed by atoms with E-state index in [0.29, 0.717) is 20.6 Å². The zero-order valence-corrected chi connectivity index (χ0v) is 16.0. The van der Waals surface area contributed by atoms with E-state index in [0.717, 1.165) is 21.7 Å². The number of halogens is 2. The molecule has 0 aliphatic carbocycles. The molecule has 1 amide bonds. The lowest BCUT2D eigenvalue weighted by molar-refractivity contribution is 0.103. The quantitative estimate of drug-likeness (QED) is 0.467. The molecule has 0 atom stereocenters. The first kappa shape index (κ1) is 17.1. The van der Waals surface area contributed by atoms with Crippen molar-refractivity contribution in [2.75, 3.05) is 5.32 Å². The van der Waals surface area contributed by atoms with Gasteiger partial charge in [0.1, 0.15) is 0 Å². The number of hydrogen-bond donors (Lipinski definition) is 1. The third-order valence-corrected chi connectivity index (χ3v) is 5.83. The van der Waals surface area contributed by atoms with Crippen molar-refractivity contribution in [3.63, 3.8) is 0 Å². The number of aromatic nitrogens is 2. The summed E-state index contributed by atoms with van der Waals surface area (Å²) < 4.78 is 2.03. The first-order valence-electron chi connectivity index (χ1n) is 7.81. The molecule has 0 aliphatic rings. The molecule has 0 spiro atoms. The van der Waals surface area contributed by atoms with E-state index in [9.17, 15) is 4.79 Å². The van der Waals surface area contributed by atoms with Crippen LogP contribution in [0, 0.1) is 0 Å². The number of nitrogens with one attached hydrogen (secondary N) is 1. The summed E-state index contributed by atoms with van der Waals surface area (Å²) in [6, 6.07) is 16.7. The summed E-state index contributed by atoms with van der Waals surface area (Å²) >= 11 is 13.3. The maximum atomic E-state index is 12.5. The second-order valence-electron chi connectivity index (χ2n) is 5.73. The summed E-state index contributed by atoms with van der Waals surface area (Å²) in [6.45, 7) is 0. The molecule has 0 fully saturated rings. The second-order valence-corrected chi connectivity index (χ2v) is 7.63. The van der Waals surface area contributed by atoms with Crippen LogP contribution in [0.15, 0.2) is 54.6 Å². The molecule has 0 saturated carbocycles. The zero-order chi connectivity index (χ0) is 18.3. The van der Waals surface area contributed by atoms with E-state index in [4.69, 9.17) is 23.2 Å². The summed E-state index contributed by atoms with van der Waals surface area (Å²) in [6.07, 6.45) is 0. The fourth-order valence-corrected chi connectivity index (χ4v) is 3.94. The fourth-order valence-electron chi connectivity index (χ4n) is 2.71. The molecular weight excluding hydrogens is 389 g/mol. The fraction of sp³-hybridized carbons (Fsp3) is 0.0526. The van der Waals surface area contributed by atoms with Crippen molar-refractivity contribution in [3.8, 4) is 10.7 Å². The topological polar surface area (TPSA) is 46.9 Å². The molecule has 0 radical (unpaired) electrons. The highest BCUT2D eigenvalue weighted by Gasteiger charge is 2.15. The zero-order valence-electron chi connectivity index (χ0n) is 13.7. The molecule has 0 aliphatic heterocycles. The molecule has 2 aromatic heterocycles. The Balaban J connectivity index is 1.61. The number of amides is 1. The predicted molar refractivity (Wildman–Crippen MR) is 108 cm³/mol. The third-order valence-electron chi connectivity index (χ3n) is 4.01. The van der Waals surface area contributed by atoms with Gasteiger partial charge in [0.05, 0.1) is 30.8 Å². The summed E-state index contributed by atoms with van der Waals surface area (Å²) in [7, 11) is 1.97.